The van der Waals surface area contributed by atoms with Gasteiger partial charge in [-0.15, -0.1) is 0 Å². The van der Waals surface area contributed by atoms with Crippen molar-refractivity contribution in [3.8, 4) is 0 Å². The SMILES string of the molecule is CC(C)(C)c1c[nH]c2ncccc12.CC(C)(C)c1ccnc2[nH]cc(F)c12.CC(C)(C)c1ccnc2c1ccn2CCF.CC(C)(C)c1ccnc2c1ccn2CC[18F].Cc1[nH]c2ncccc2c1C(C)(C)C.Cc1cnc2[nH]cc(C(C)(C)C)c2c1.Cc1cnc2[nH]ccc2c1C(C)(C)C.Cc1cnc2[nH]ccc2c1C(C)(C)C.Cc1cnc2c(ccn2C)c1C(C)(C)C.Cn1ccc2c(C(C)(C)C)ccnc21.[HH]. The minimum absolute atomic E-state index is 0. The standard InChI is InChI=1S/2C13H17FN2.C13H18N2.5C12H16N2.C11H13FN2.C11H14N2.H2/c2*1-13(2,3)11-4-7-15-12-10(11)5-8-16(12)9-6-14;1-9-8-14-12-10(6-7-15(12)5)11(9)13(2,3)4;1-8-5-9-10(12(2,3)4)7-14-11(9)13-6-8;1-12(2,3)10-5-7-13-11-9(10)6-8-14(11)4;2*1-8-7-14-11-9(5-6-13-11)10(8)12(2,3)4;1-8-10(12(2,3)4)9-6-5-7-13-11(9)14-8;1-11(2,3)7-4-5-13-10-9(7)8(12)6-14-10;1-11(2,3)9-7-13-10-8(9)5-4-6-12-10;/h2*4-5,7-8H,6,9H2,1-3H3;6-8H,1-5H3;5-7H,1-4H3,(H,13,14);5-8H,1-4H3;3*5-7H,1-4H3,(H,13,14);4-6H,1-3H3,(H,13,14);4-7H,1-3H3,(H,12,13);1H/i14-1;;;;;;;;;;. The van der Waals surface area contributed by atoms with E-state index in [4.69, 9.17) is 0 Å². The topological polar surface area (TPSA) is 243 Å². The number of halogens is 3. The minimum Gasteiger partial charge on any atom is -0.346 e. The molecular formula is C121H161F3N20. The van der Waals surface area contributed by atoms with Crippen LogP contribution in [-0.2, 0) is 81.3 Å². The van der Waals surface area contributed by atoms with Crippen molar-refractivity contribution in [2.45, 2.75) is 310 Å². The van der Waals surface area contributed by atoms with Gasteiger partial charge in [0.25, 0.3) is 0 Å². The Balaban J connectivity index is 0.000000165. The Morgan fingerprint density at radius 2 is 0.618 bits per heavy atom. The van der Waals surface area contributed by atoms with Gasteiger partial charge in [0.05, 0.1) is 18.5 Å². The third-order valence-electron chi connectivity index (χ3n) is 25.6. The van der Waals surface area contributed by atoms with Crippen molar-refractivity contribution in [3.05, 3.63) is 298 Å². The average Bonchev–Trinajstić information content (AvgIpc) is 1.72. The van der Waals surface area contributed by atoms with E-state index < -0.39 is 0 Å². The number of H-pyrrole nitrogens is 6. The highest BCUT2D eigenvalue weighted by atomic mass is 19.1. The summed E-state index contributed by atoms with van der Waals surface area (Å²) in [6.45, 7) is 76.7. The van der Waals surface area contributed by atoms with Crippen molar-refractivity contribution in [2.24, 2.45) is 14.1 Å². The molecule has 0 saturated carbocycles. The predicted octanol–water partition coefficient (Wildman–Crippen LogP) is 31.4. The molecule has 23 heteroatoms. The number of pyridine rings is 10. The van der Waals surface area contributed by atoms with Crippen molar-refractivity contribution >= 4 is 110 Å². The highest BCUT2D eigenvalue weighted by Gasteiger charge is 2.29. The summed E-state index contributed by atoms with van der Waals surface area (Å²) < 4.78 is 46.1. The molecule has 0 amide bonds. The van der Waals surface area contributed by atoms with Gasteiger partial charge in [0.1, 0.15) is 75.6 Å². The van der Waals surface area contributed by atoms with Gasteiger partial charge in [-0.2, -0.15) is 0 Å². The van der Waals surface area contributed by atoms with Gasteiger partial charge in [-0.05, 0) is 258 Å². The number of rotatable bonds is 4. The highest BCUT2D eigenvalue weighted by Crippen LogP contribution is 2.40. The molecule has 0 fully saturated rings. The smallest absolute Gasteiger partial charge is 0.150 e. The zero-order valence-electron chi connectivity index (χ0n) is 92.9. The Morgan fingerprint density at radius 3 is 1.06 bits per heavy atom. The number of aromatic amines is 6. The molecule has 0 atom stereocenters. The quantitative estimate of drug-likeness (QED) is 0.0973. The fraction of sp³-hybridized carbons (Fsp3) is 0.421. The van der Waals surface area contributed by atoms with Crippen LogP contribution in [0.4, 0.5) is 13.2 Å². The van der Waals surface area contributed by atoms with Crippen LogP contribution in [0.2, 0.25) is 0 Å². The average molecular weight is 1950 g/mol. The van der Waals surface area contributed by atoms with Gasteiger partial charge in [0.15, 0.2) is 0 Å². The largest absolute Gasteiger partial charge is 0.346 e. The number of aryl methyl sites for hydroxylation is 9. The zero-order valence-corrected chi connectivity index (χ0v) is 92.9. The highest BCUT2D eigenvalue weighted by molar-refractivity contribution is 5.88. The lowest BCUT2D eigenvalue weighted by atomic mass is 9.83. The van der Waals surface area contributed by atoms with Crippen LogP contribution in [0.5, 0.6) is 0 Å². The molecule has 0 radical (unpaired) electrons. The molecule has 0 saturated heterocycles. The normalized spacial score (nSPS) is 12.3. The van der Waals surface area contributed by atoms with E-state index in [0.29, 0.717) is 24.1 Å². The molecule has 0 bridgehead atoms. The Hall–Kier alpha value is -13.3. The second kappa shape index (κ2) is 44.1. The van der Waals surface area contributed by atoms with Gasteiger partial charge < -0.3 is 48.2 Å². The summed E-state index contributed by atoms with van der Waals surface area (Å²) in [6, 6.07) is 31.1. The van der Waals surface area contributed by atoms with Crippen LogP contribution < -0.4 is 0 Å². The van der Waals surface area contributed by atoms with Gasteiger partial charge in [0, 0.05) is 187 Å². The number of hydrogen-bond donors (Lipinski definition) is 6. The first-order valence-electron chi connectivity index (χ1n) is 50.2. The molecule has 20 heterocycles. The van der Waals surface area contributed by atoms with E-state index in [9.17, 15) is 13.2 Å². The van der Waals surface area contributed by atoms with Gasteiger partial charge >= 0.3 is 0 Å². The third-order valence-corrected chi connectivity index (χ3v) is 25.6. The van der Waals surface area contributed by atoms with Crippen molar-refractivity contribution < 1.29 is 14.6 Å². The van der Waals surface area contributed by atoms with Gasteiger partial charge in [0.2, 0.25) is 0 Å². The van der Waals surface area contributed by atoms with Crippen molar-refractivity contribution in [3.63, 3.8) is 0 Å². The molecule has 20 rings (SSSR count). The Morgan fingerprint density at radius 1 is 0.285 bits per heavy atom. The Kier molecular flexibility index (Phi) is 34.0. The number of alkyl halides is 2. The molecule has 144 heavy (non-hydrogen) atoms. The lowest BCUT2D eigenvalue weighted by molar-refractivity contribution is 0.450. The molecule has 20 aromatic heterocycles. The van der Waals surface area contributed by atoms with Gasteiger partial charge in [-0.1, -0.05) is 208 Å². The maximum absolute atomic E-state index is 13.5. The number of fused-ring (bicyclic) bond motifs is 10. The van der Waals surface area contributed by atoms with Crippen molar-refractivity contribution in [2.75, 3.05) is 13.3 Å². The summed E-state index contributed by atoms with van der Waals surface area (Å²) in [5, 5.41) is 11.6. The second-order valence-electron chi connectivity index (χ2n) is 48.2. The Labute approximate surface area is 853 Å². The third kappa shape index (κ3) is 26.4. The Bertz CT molecular complexity index is 7510. The predicted molar refractivity (Wildman–Crippen MR) is 602 cm³/mol. The first-order valence-corrected chi connectivity index (χ1v) is 50.2. The summed E-state index contributed by atoms with van der Waals surface area (Å²) in [4.78, 5) is 62.1. The maximum atomic E-state index is 13.5. The van der Waals surface area contributed by atoms with E-state index in [1.807, 2.05) is 134 Å². The van der Waals surface area contributed by atoms with Gasteiger partial charge in [-0.3, -0.25) is 0 Å². The van der Waals surface area contributed by atoms with Crippen LogP contribution in [0.15, 0.2) is 209 Å². The lowest BCUT2D eigenvalue weighted by Crippen LogP contribution is -2.14. The van der Waals surface area contributed by atoms with Crippen LogP contribution in [0.25, 0.3) is 110 Å². The number of nitrogens with one attached hydrogen (secondary N) is 6. The molecule has 0 unspecified atom stereocenters. The number of aromatic nitrogens is 20. The van der Waals surface area contributed by atoms with E-state index in [1.54, 1.807) is 18.6 Å². The van der Waals surface area contributed by atoms with E-state index in [0.717, 1.165) is 67.2 Å². The number of nitrogens with zero attached hydrogens (tertiary/aromatic N) is 14. The molecule has 20 aromatic rings. The second-order valence-corrected chi connectivity index (χ2v) is 48.2. The van der Waals surface area contributed by atoms with Crippen LogP contribution >= 0.6 is 0 Å². The fourth-order valence-corrected chi connectivity index (χ4v) is 19.4. The van der Waals surface area contributed by atoms with Crippen LogP contribution in [0.3, 0.4) is 0 Å². The molecular weight excluding hydrogens is 1790 g/mol. The molecule has 0 aliphatic rings. The minimum atomic E-state index is -0.356. The molecule has 0 aliphatic heterocycles. The van der Waals surface area contributed by atoms with E-state index in [1.165, 1.54) is 122 Å². The molecule has 20 nitrogen and oxygen atoms in total. The summed E-state index contributed by atoms with van der Waals surface area (Å²) in [6.07, 6.45) is 35.9. The molecule has 0 aliphatic carbocycles. The first kappa shape index (κ1) is 111. The van der Waals surface area contributed by atoms with Gasteiger partial charge in [-0.25, -0.2) is 63.0 Å². The first-order chi connectivity index (χ1) is 67.0. The molecule has 6 N–H and O–H groups in total. The zero-order chi connectivity index (χ0) is 106. The maximum Gasteiger partial charge on any atom is 0.150 e. The summed E-state index contributed by atoms with van der Waals surface area (Å²) in [7, 11) is 4.07. The summed E-state index contributed by atoms with van der Waals surface area (Å²) in [5.74, 6) is -0.224. The van der Waals surface area contributed by atoms with E-state index >= 15 is 0 Å². The van der Waals surface area contributed by atoms with E-state index in [-0.39, 0.29) is 74.7 Å². The van der Waals surface area contributed by atoms with Crippen molar-refractivity contribution in [1.82, 2.24) is 98.0 Å². The summed E-state index contributed by atoms with van der Waals surface area (Å²) >= 11 is 0. The lowest BCUT2D eigenvalue weighted by Gasteiger charge is -2.22. The number of hydrogen-bond acceptors (Lipinski definition) is 10. The monoisotopic (exact) mass is 1950 g/mol. The van der Waals surface area contributed by atoms with Crippen LogP contribution in [0, 0.1) is 40.4 Å². The van der Waals surface area contributed by atoms with E-state index in [2.05, 4.69) is 405 Å². The molecule has 0 spiro atoms. The van der Waals surface area contributed by atoms with Crippen molar-refractivity contribution in [1.29, 1.82) is 0 Å². The molecule has 0 aromatic carbocycles. The summed E-state index contributed by atoms with van der Waals surface area (Å²) in [5.41, 5.74) is 30.2. The molecule has 766 valence electrons. The van der Waals surface area contributed by atoms with Crippen LogP contribution in [0.1, 0.15) is 293 Å². The van der Waals surface area contributed by atoms with Crippen LogP contribution in [-0.4, -0.2) is 111 Å². The fourth-order valence-electron chi connectivity index (χ4n) is 19.4.